The Hall–Kier alpha value is -2.79. The minimum absolute atomic E-state index is 0.0105. The van der Waals surface area contributed by atoms with Gasteiger partial charge < -0.3 is 14.7 Å². The zero-order valence-electron chi connectivity index (χ0n) is 14.6. The predicted octanol–water partition coefficient (Wildman–Crippen LogP) is 3.39. The van der Waals surface area contributed by atoms with E-state index < -0.39 is 29.7 Å². The lowest BCUT2D eigenvalue weighted by Crippen LogP contribution is -2.58. The topological polar surface area (TPSA) is 95.3 Å². The number of carboxylic acid groups (broad SMARTS) is 1. The van der Waals surface area contributed by atoms with E-state index in [9.17, 15) is 18.4 Å². The molecule has 0 bridgehead atoms. The molecule has 2 aromatic rings. The molecule has 2 amide bonds. The second-order valence-corrected chi connectivity index (χ2v) is 8.00. The highest BCUT2D eigenvalue weighted by Crippen LogP contribution is 2.33. The van der Waals surface area contributed by atoms with Crippen LogP contribution in [-0.4, -0.2) is 57.4 Å². The number of carboxylic acids is 1. The van der Waals surface area contributed by atoms with Crippen molar-refractivity contribution in [2.24, 2.45) is 5.10 Å². The van der Waals surface area contributed by atoms with Gasteiger partial charge in [0.25, 0.3) is 5.19 Å². The number of aromatic carboxylic acids is 1. The van der Waals surface area contributed by atoms with Gasteiger partial charge in [0.1, 0.15) is 22.1 Å². The van der Waals surface area contributed by atoms with Gasteiger partial charge in [0, 0.05) is 18.7 Å². The summed E-state index contributed by atoms with van der Waals surface area (Å²) in [6.07, 6.45) is 1.49. The number of hydrogen-bond donors (Lipinski definition) is 1. The Balaban J connectivity index is 1.38. The molecule has 0 aliphatic carbocycles. The maximum absolute atomic E-state index is 13.5. The first-order valence-electron chi connectivity index (χ1n) is 8.44. The first-order chi connectivity index (χ1) is 13.8. The summed E-state index contributed by atoms with van der Waals surface area (Å²) in [4.78, 5) is 28.9. The lowest BCUT2D eigenvalue weighted by molar-refractivity contribution is 0.0274. The van der Waals surface area contributed by atoms with E-state index in [1.165, 1.54) is 28.3 Å². The SMILES string of the molecule is O=C(O)c1nc(OC2CN(C(=O)N3N=CC[C@H]3c3cc(F)cc(F)c3)C2)sc1Cl. The van der Waals surface area contributed by atoms with Crippen LogP contribution in [-0.2, 0) is 0 Å². The minimum atomic E-state index is -1.25. The van der Waals surface area contributed by atoms with Crippen LogP contribution in [0.5, 0.6) is 5.19 Å². The molecule has 152 valence electrons. The standard InChI is InChI=1S/C17H13ClF2N4O4S/c18-14-13(15(25)26)22-16(29-14)28-11-6-23(7-11)17(27)24-12(1-2-21-24)8-3-9(19)5-10(20)4-8/h2-5,11-12H,1,6-7H2,(H,25,26)/t12-/m0/s1. The summed E-state index contributed by atoms with van der Waals surface area (Å²) in [5, 5.41) is 14.3. The van der Waals surface area contributed by atoms with Crippen LogP contribution in [0, 0.1) is 11.6 Å². The number of nitrogens with zero attached hydrogens (tertiary/aromatic N) is 4. The number of amides is 2. The number of benzene rings is 1. The molecule has 3 heterocycles. The number of thiazole rings is 1. The molecule has 12 heteroatoms. The molecule has 1 saturated heterocycles. The zero-order valence-corrected chi connectivity index (χ0v) is 16.2. The van der Waals surface area contributed by atoms with E-state index in [2.05, 4.69) is 10.1 Å². The average molecular weight is 443 g/mol. The molecule has 1 aromatic carbocycles. The Labute approximate surface area is 172 Å². The number of hydrazone groups is 1. The Morgan fingerprint density at radius 2 is 1.93 bits per heavy atom. The van der Waals surface area contributed by atoms with Crippen molar-refractivity contribution in [3.63, 3.8) is 0 Å². The molecule has 2 aliphatic heterocycles. The summed E-state index contributed by atoms with van der Waals surface area (Å²) in [5.74, 6) is -2.70. The van der Waals surface area contributed by atoms with Crippen LogP contribution in [0.25, 0.3) is 0 Å². The summed E-state index contributed by atoms with van der Waals surface area (Å²) in [6, 6.07) is 2.11. The van der Waals surface area contributed by atoms with Gasteiger partial charge in [-0.25, -0.2) is 23.4 Å². The van der Waals surface area contributed by atoms with Gasteiger partial charge in [0.2, 0.25) is 0 Å². The normalized spacial score (nSPS) is 18.8. The average Bonchev–Trinajstić information content (AvgIpc) is 3.23. The number of ether oxygens (including phenoxy) is 1. The number of rotatable bonds is 4. The van der Waals surface area contributed by atoms with E-state index in [1.807, 2.05) is 0 Å². The summed E-state index contributed by atoms with van der Waals surface area (Å²) in [6.45, 7) is 0.462. The fourth-order valence-corrected chi connectivity index (χ4v) is 4.09. The van der Waals surface area contributed by atoms with Crippen molar-refractivity contribution in [1.29, 1.82) is 0 Å². The van der Waals surface area contributed by atoms with Crippen molar-refractivity contribution in [2.45, 2.75) is 18.6 Å². The van der Waals surface area contributed by atoms with Crippen molar-refractivity contribution in [1.82, 2.24) is 14.9 Å². The lowest BCUT2D eigenvalue weighted by atomic mass is 10.0. The van der Waals surface area contributed by atoms with Crippen LogP contribution in [0.3, 0.4) is 0 Å². The monoisotopic (exact) mass is 442 g/mol. The highest BCUT2D eigenvalue weighted by molar-refractivity contribution is 7.17. The van der Waals surface area contributed by atoms with Crippen LogP contribution >= 0.6 is 22.9 Å². The number of hydrogen-bond acceptors (Lipinski definition) is 6. The van der Waals surface area contributed by atoms with Gasteiger partial charge in [0.15, 0.2) is 5.69 Å². The van der Waals surface area contributed by atoms with E-state index in [0.717, 1.165) is 17.4 Å². The highest BCUT2D eigenvalue weighted by Gasteiger charge is 2.39. The molecule has 4 rings (SSSR count). The molecule has 2 aliphatic rings. The van der Waals surface area contributed by atoms with Gasteiger partial charge >= 0.3 is 12.0 Å². The number of carbonyl (C=O) groups excluding carboxylic acids is 1. The fourth-order valence-electron chi connectivity index (χ4n) is 3.06. The summed E-state index contributed by atoms with van der Waals surface area (Å²) < 4.78 is 32.6. The summed E-state index contributed by atoms with van der Waals surface area (Å²) in [5.41, 5.74) is 0.0378. The molecule has 0 saturated carbocycles. The largest absolute Gasteiger partial charge is 0.476 e. The van der Waals surface area contributed by atoms with Gasteiger partial charge in [-0.3, -0.25) is 0 Å². The molecule has 0 spiro atoms. The van der Waals surface area contributed by atoms with Crippen LogP contribution in [0.4, 0.5) is 13.6 Å². The predicted molar refractivity (Wildman–Crippen MR) is 99.5 cm³/mol. The first-order valence-corrected chi connectivity index (χ1v) is 9.64. The molecule has 1 aromatic heterocycles. The third kappa shape index (κ3) is 3.87. The van der Waals surface area contributed by atoms with E-state index in [1.54, 1.807) is 0 Å². The van der Waals surface area contributed by atoms with Crippen molar-refractivity contribution >= 4 is 41.2 Å². The number of urea groups is 1. The molecular weight excluding hydrogens is 430 g/mol. The second-order valence-electron chi connectivity index (χ2n) is 6.43. The number of likely N-dealkylation sites (tertiary alicyclic amines) is 1. The number of halogens is 3. The van der Waals surface area contributed by atoms with Crippen molar-refractivity contribution in [3.05, 3.63) is 45.4 Å². The molecule has 29 heavy (non-hydrogen) atoms. The third-order valence-corrected chi connectivity index (χ3v) is 5.60. The minimum Gasteiger partial charge on any atom is -0.476 e. The number of carbonyl (C=O) groups is 2. The van der Waals surface area contributed by atoms with Gasteiger partial charge in [-0.2, -0.15) is 10.1 Å². The van der Waals surface area contributed by atoms with Crippen LogP contribution in [0.1, 0.15) is 28.5 Å². The van der Waals surface area contributed by atoms with E-state index >= 15 is 0 Å². The van der Waals surface area contributed by atoms with Crippen LogP contribution in [0.15, 0.2) is 23.3 Å². The zero-order chi connectivity index (χ0) is 20.7. The summed E-state index contributed by atoms with van der Waals surface area (Å²) in [7, 11) is 0. The van der Waals surface area contributed by atoms with Crippen molar-refractivity contribution in [3.8, 4) is 5.19 Å². The first kappa shape index (κ1) is 19.5. The maximum Gasteiger partial charge on any atom is 0.357 e. The molecule has 0 unspecified atom stereocenters. The van der Waals surface area contributed by atoms with Crippen molar-refractivity contribution < 1.29 is 28.2 Å². The quantitative estimate of drug-likeness (QED) is 0.783. The smallest absolute Gasteiger partial charge is 0.357 e. The van der Waals surface area contributed by atoms with E-state index in [0.29, 0.717) is 12.0 Å². The Bertz CT molecular complexity index is 991. The van der Waals surface area contributed by atoms with Gasteiger partial charge in [-0.15, -0.1) is 0 Å². The van der Waals surface area contributed by atoms with Gasteiger partial charge in [0.05, 0.1) is 19.1 Å². The maximum atomic E-state index is 13.5. The third-order valence-electron chi connectivity index (χ3n) is 4.45. The number of aromatic nitrogens is 1. The van der Waals surface area contributed by atoms with Gasteiger partial charge in [-0.1, -0.05) is 22.9 Å². The Kier molecular flexibility index (Phi) is 5.09. The highest BCUT2D eigenvalue weighted by atomic mass is 35.5. The van der Waals surface area contributed by atoms with E-state index in [-0.39, 0.29) is 34.4 Å². The molecular formula is C17H13ClF2N4O4S. The second kappa shape index (κ2) is 7.56. The Morgan fingerprint density at radius 3 is 2.55 bits per heavy atom. The molecule has 1 N–H and O–H groups in total. The molecule has 0 radical (unpaired) electrons. The molecule has 1 fully saturated rings. The molecule has 1 atom stereocenters. The van der Waals surface area contributed by atoms with E-state index in [4.69, 9.17) is 21.4 Å². The lowest BCUT2D eigenvalue weighted by Gasteiger charge is -2.40. The Morgan fingerprint density at radius 1 is 1.24 bits per heavy atom. The fraction of sp³-hybridized carbons (Fsp3) is 0.294. The molecule has 8 nitrogen and oxygen atoms in total. The van der Waals surface area contributed by atoms with Crippen LogP contribution < -0.4 is 4.74 Å². The summed E-state index contributed by atoms with van der Waals surface area (Å²) >= 11 is 6.70. The van der Waals surface area contributed by atoms with Crippen LogP contribution in [0.2, 0.25) is 4.34 Å². The van der Waals surface area contributed by atoms with Crippen molar-refractivity contribution in [2.75, 3.05) is 13.1 Å². The van der Waals surface area contributed by atoms with Gasteiger partial charge in [-0.05, 0) is 17.7 Å².